The van der Waals surface area contributed by atoms with Gasteiger partial charge in [-0.2, -0.15) is 5.10 Å². The molecule has 3 rings (SSSR count). The van der Waals surface area contributed by atoms with E-state index in [2.05, 4.69) is 10.4 Å². The molecule has 1 aromatic rings. The molecule has 0 aromatic carbocycles. The standard InChI is InChI=1S/C18H30N4O3/c1-4-25-14-9-13(10-14)17(23)19-15-8-6-5-7-12(15)11-16-20-22(3)18(24)21(16)2/h12-15H,4-11H2,1-3H3,(H,19,23)/t12-,13?,14?,15-/m1/s1. The van der Waals surface area contributed by atoms with Crippen LogP contribution in [0.3, 0.4) is 0 Å². The first-order valence-electron chi connectivity index (χ1n) is 9.50. The maximum absolute atomic E-state index is 12.5. The molecular weight excluding hydrogens is 320 g/mol. The Bertz CT molecular complexity index is 660. The molecule has 2 fully saturated rings. The summed E-state index contributed by atoms with van der Waals surface area (Å²) in [6.45, 7) is 2.71. The van der Waals surface area contributed by atoms with E-state index in [1.807, 2.05) is 6.92 Å². The Hall–Kier alpha value is -1.63. The third kappa shape index (κ3) is 3.97. The summed E-state index contributed by atoms with van der Waals surface area (Å²) in [6, 6.07) is 0.185. The molecule has 7 heteroatoms. The second-order valence-electron chi connectivity index (χ2n) is 7.49. The van der Waals surface area contributed by atoms with E-state index in [1.165, 1.54) is 11.1 Å². The fraction of sp³-hybridized carbons (Fsp3) is 0.833. The molecular formula is C18H30N4O3. The maximum atomic E-state index is 12.5. The molecule has 2 saturated carbocycles. The van der Waals surface area contributed by atoms with Gasteiger partial charge in [-0.1, -0.05) is 12.8 Å². The Morgan fingerprint density at radius 1 is 1.28 bits per heavy atom. The van der Waals surface area contributed by atoms with Crippen LogP contribution in [0.4, 0.5) is 0 Å². The molecule has 0 radical (unpaired) electrons. The highest BCUT2D eigenvalue weighted by molar-refractivity contribution is 5.80. The van der Waals surface area contributed by atoms with Crippen LogP contribution >= 0.6 is 0 Å². The molecule has 1 heterocycles. The number of nitrogens with one attached hydrogen (secondary N) is 1. The summed E-state index contributed by atoms with van der Waals surface area (Å²) >= 11 is 0. The van der Waals surface area contributed by atoms with Crippen LogP contribution in [-0.2, 0) is 30.0 Å². The van der Waals surface area contributed by atoms with Crippen molar-refractivity contribution in [3.8, 4) is 0 Å². The lowest BCUT2D eigenvalue weighted by atomic mass is 9.79. The molecule has 0 bridgehead atoms. The predicted molar refractivity (Wildman–Crippen MR) is 94.2 cm³/mol. The highest BCUT2D eigenvalue weighted by Crippen LogP contribution is 2.32. The number of amides is 1. The van der Waals surface area contributed by atoms with Crippen molar-refractivity contribution in [3.05, 3.63) is 16.3 Å². The van der Waals surface area contributed by atoms with E-state index in [-0.39, 0.29) is 29.7 Å². The van der Waals surface area contributed by atoms with Crippen LogP contribution < -0.4 is 11.0 Å². The number of aromatic nitrogens is 3. The monoisotopic (exact) mass is 350 g/mol. The zero-order valence-electron chi connectivity index (χ0n) is 15.5. The number of nitrogens with zero attached hydrogens (tertiary/aromatic N) is 3. The van der Waals surface area contributed by atoms with Gasteiger partial charge < -0.3 is 10.1 Å². The van der Waals surface area contributed by atoms with E-state index in [0.717, 1.165) is 44.3 Å². The Morgan fingerprint density at radius 3 is 2.64 bits per heavy atom. The van der Waals surface area contributed by atoms with Crippen molar-refractivity contribution in [2.24, 2.45) is 25.9 Å². The second-order valence-corrected chi connectivity index (χ2v) is 7.49. The van der Waals surface area contributed by atoms with Crippen LogP contribution in [0.25, 0.3) is 0 Å². The average Bonchev–Trinajstić information content (AvgIpc) is 2.79. The van der Waals surface area contributed by atoms with Gasteiger partial charge in [-0.15, -0.1) is 0 Å². The summed E-state index contributed by atoms with van der Waals surface area (Å²) in [4.78, 5) is 24.4. The third-order valence-corrected chi connectivity index (χ3v) is 5.77. The Morgan fingerprint density at radius 2 is 2.00 bits per heavy atom. The van der Waals surface area contributed by atoms with Crippen LogP contribution in [0.5, 0.6) is 0 Å². The van der Waals surface area contributed by atoms with Crippen LogP contribution in [0.1, 0.15) is 51.3 Å². The molecule has 7 nitrogen and oxygen atoms in total. The number of hydrogen-bond donors (Lipinski definition) is 1. The van der Waals surface area contributed by atoms with E-state index in [1.54, 1.807) is 18.7 Å². The lowest BCUT2D eigenvalue weighted by Crippen LogP contribution is -2.49. The number of carbonyl (C=O) groups excluding carboxylic acids is 1. The molecule has 0 saturated heterocycles. The molecule has 2 atom stereocenters. The zero-order chi connectivity index (χ0) is 18.0. The van der Waals surface area contributed by atoms with Gasteiger partial charge in [0.05, 0.1) is 6.10 Å². The second kappa shape index (κ2) is 7.72. The van der Waals surface area contributed by atoms with E-state index in [9.17, 15) is 9.59 Å². The minimum Gasteiger partial charge on any atom is -0.378 e. The molecule has 1 amide bonds. The predicted octanol–water partition coefficient (Wildman–Crippen LogP) is 1.15. The Balaban J connectivity index is 1.58. The van der Waals surface area contributed by atoms with Crippen molar-refractivity contribution < 1.29 is 9.53 Å². The summed E-state index contributed by atoms with van der Waals surface area (Å²) in [5, 5.41) is 7.63. The van der Waals surface area contributed by atoms with E-state index >= 15 is 0 Å². The van der Waals surface area contributed by atoms with Crippen LogP contribution in [-0.4, -0.2) is 39.0 Å². The highest BCUT2D eigenvalue weighted by atomic mass is 16.5. The average molecular weight is 350 g/mol. The molecule has 0 spiro atoms. The summed E-state index contributed by atoms with van der Waals surface area (Å²) in [5.74, 6) is 1.42. The minimum atomic E-state index is -0.0946. The van der Waals surface area contributed by atoms with Crippen LogP contribution in [0.15, 0.2) is 4.79 Å². The Labute approximate surface area is 148 Å². The largest absolute Gasteiger partial charge is 0.378 e. The summed E-state index contributed by atoms with van der Waals surface area (Å²) in [7, 11) is 3.45. The molecule has 2 aliphatic rings. The minimum absolute atomic E-state index is 0.0946. The quantitative estimate of drug-likeness (QED) is 0.835. The molecule has 1 aromatic heterocycles. The number of aryl methyl sites for hydroxylation is 1. The third-order valence-electron chi connectivity index (χ3n) is 5.77. The van der Waals surface area contributed by atoms with Crippen molar-refractivity contribution in [2.75, 3.05) is 6.61 Å². The maximum Gasteiger partial charge on any atom is 0.345 e. The molecule has 140 valence electrons. The zero-order valence-corrected chi connectivity index (χ0v) is 15.5. The number of rotatable bonds is 6. The van der Waals surface area contributed by atoms with Gasteiger partial charge in [0.2, 0.25) is 5.91 Å². The van der Waals surface area contributed by atoms with Crippen molar-refractivity contribution in [3.63, 3.8) is 0 Å². The van der Waals surface area contributed by atoms with Crippen LogP contribution in [0.2, 0.25) is 0 Å². The SMILES string of the molecule is CCOC1CC(C(=O)N[C@@H]2CCCC[C@@H]2Cc2nn(C)c(=O)n2C)C1. The lowest BCUT2D eigenvalue weighted by Gasteiger charge is -2.37. The number of carbonyl (C=O) groups is 1. The first kappa shape index (κ1) is 18.2. The molecule has 25 heavy (non-hydrogen) atoms. The van der Waals surface area contributed by atoms with Gasteiger partial charge >= 0.3 is 5.69 Å². The topological polar surface area (TPSA) is 78.2 Å². The van der Waals surface area contributed by atoms with E-state index in [0.29, 0.717) is 12.5 Å². The molecule has 1 N–H and O–H groups in total. The van der Waals surface area contributed by atoms with E-state index in [4.69, 9.17) is 4.74 Å². The number of ether oxygens (including phenoxy) is 1. The Kier molecular flexibility index (Phi) is 5.61. The molecule has 2 aliphatic carbocycles. The first-order valence-corrected chi connectivity index (χ1v) is 9.50. The summed E-state index contributed by atoms with van der Waals surface area (Å²) in [5.41, 5.74) is -0.0946. The van der Waals surface area contributed by atoms with E-state index < -0.39 is 0 Å². The van der Waals surface area contributed by atoms with Gasteiger partial charge in [0.15, 0.2) is 0 Å². The van der Waals surface area contributed by atoms with Gasteiger partial charge in [0.25, 0.3) is 0 Å². The highest BCUT2D eigenvalue weighted by Gasteiger charge is 2.37. The van der Waals surface area contributed by atoms with Gasteiger partial charge in [0, 0.05) is 39.1 Å². The first-order chi connectivity index (χ1) is 12.0. The van der Waals surface area contributed by atoms with Crippen LogP contribution in [0, 0.1) is 11.8 Å². The fourth-order valence-electron chi connectivity index (χ4n) is 4.12. The summed E-state index contributed by atoms with van der Waals surface area (Å²) < 4.78 is 8.55. The van der Waals surface area contributed by atoms with Gasteiger partial charge in [-0.05, 0) is 38.5 Å². The van der Waals surface area contributed by atoms with Gasteiger partial charge in [-0.25, -0.2) is 9.48 Å². The fourth-order valence-corrected chi connectivity index (χ4v) is 4.12. The number of hydrogen-bond acceptors (Lipinski definition) is 4. The van der Waals surface area contributed by atoms with Crippen molar-refractivity contribution >= 4 is 5.91 Å². The lowest BCUT2D eigenvalue weighted by molar-refractivity contribution is -0.135. The van der Waals surface area contributed by atoms with Gasteiger partial charge in [-0.3, -0.25) is 9.36 Å². The van der Waals surface area contributed by atoms with Crippen molar-refractivity contribution in [2.45, 2.75) is 64.0 Å². The molecule has 0 unspecified atom stereocenters. The molecule has 0 aliphatic heterocycles. The van der Waals surface area contributed by atoms with Crippen molar-refractivity contribution in [1.29, 1.82) is 0 Å². The normalized spacial score (nSPS) is 29.2. The van der Waals surface area contributed by atoms with Gasteiger partial charge in [0.1, 0.15) is 5.82 Å². The summed E-state index contributed by atoms with van der Waals surface area (Å²) in [6.07, 6.45) is 7.08. The van der Waals surface area contributed by atoms with Crippen molar-refractivity contribution in [1.82, 2.24) is 19.7 Å². The smallest absolute Gasteiger partial charge is 0.345 e.